The summed E-state index contributed by atoms with van der Waals surface area (Å²) in [5.74, 6) is -0.992. The molecule has 1 aliphatic rings. The summed E-state index contributed by atoms with van der Waals surface area (Å²) in [6, 6.07) is 0. The minimum atomic E-state index is -4.33. The third-order valence-electron chi connectivity index (χ3n) is 2.61. The molecule has 88 valence electrons. The van der Waals surface area contributed by atoms with Gasteiger partial charge in [-0.15, -0.1) is 0 Å². The van der Waals surface area contributed by atoms with Crippen LogP contribution in [-0.4, -0.2) is 31.2 Å². The summed E-state index contributed by atoms with van der Waals surface area (Å²) in [7, 11) is 1.65. The molecule has 0 aromatic heterocycles. The third-order valence-corrected chi connectivity index (χ3v) is 2.61. The lowest BCUT2D eigenvalue weighted by molar-refractivity contribution is -0.171. The molecule has 1 atom stereocenters. The SMILES string of the molecule is CNCC(C)C(=O)NC1(C(F)(F)F)CC1. The van der Waals surface area contributed by atoms with Gasteiger partial charge in [0.2, 0.25) is 5.91 Å². The summed E-state index contributed by atoms with van der Waals surface area (Å²) in [4.78, 5) is 11.4. The molecule has 15 heavy (non-hydrogen) atoms. The lowest BCUT2D eigenvalue weighted by atomic mass is 10.1. The van der Waals surface area contributed by atoms with Gasteiger partial charge in [0.25, 0.3) is 0 Å². The van der Waals surface area contributed by atoms with E-state index in [1.165, 1.54) is 0 Å². The summed E-state index contributed by atoms with van der Waals surface area (Å²) in [5.41, 5.74) is -1.94. The van der Waals surface area contributed by atoms with Gasteiger partial charge in [0.15, 0.2) is 0 Å². The molecule has 0 aliphatic heterocycles. The number of alkyl halides is 3. The fraction of sp³-hybridized carbons (Fsp3) is 0.889. The molecule has 1 aliphatic carbocycles. The first-order chi connectivity index (χ1) is 6.82. The third kappa shape index (κ3) is 2.62. The van der Waals surface area contributed by atoms with Gasteiger partial charge in [0.05, 0.1) is 0 Å². The van der Waals surface area contributed by atoms with E-state index in [1.807, 2.05) is 0 Å². The van der Waals surface area contributed by atoms with Crippen molar-refractivity contribution in [1.29, 1.82) is 0 Å². The molecule has 6 heteroatoms. The molecular formula is C9H15F3N2O. The van der Waals surface area contributed by atoms with Crippen LogP contribution in [-0.2, 0) is 4.79 Å². The Balaban J connectivity index is 2.52. The predicted molar refractivity (Wildman–Crippen MR) is 49.3 cm³/mol. The van der Waals surface area contributed by atoms with Crippen LogP contribution in [0.15, 0.2) is 0 Å². The number of hydrogen-bond donors (Lipinski definition) is 2. The highest BCUT2D eigenvalue weighted by molar-refractivity contribution is 5.79. The number of carbonyl (C=O) groups excluding carboxylic acids is 1. The predicted octanol–water partition coefficient (Wildman–Crippen LogP) is 1.05. The molecule has 0 aromatic carbocycles. The molecule has 1 saturated carbocycles. The summed E-state index contributed by atoms with van der Waals surface area (Å²) in [5, 5.41) is 4.84. The van der Waals surface area contributed by atoms with E-state index in [4.69, 9.17) is 0 Å². The van der Waals surface area contributed by atoms with Crippen LogP contribution in [0.2, 0.25) is 0 Å². The molecule has 3 nitrogen and oxygen atoms in total. The highest BCUT2D eigenvalue weighted by atomic mass is 19.4. The Kier molecular flexibility index (Phi) is 3.28. The van der Waals surface area contributed by atoms with Gasteiger partial charge in [-0.2, -0.15) is 13.2 Å². The van der Waals surface area contributed by atoms with Gasteiger partial charge in [0, 0.05) is 12.5 Å². The average molecular weight is 224 g/mol. The van der Waals surface area contributed by atoms with Crippen molar-refractivity contribution in [2.75, 3.05) is 13.6 Å². The van der Waals surface area contributed by atoms with E-state index in [1.54, 1.807) is 14.0 Å². The first-order valence-corrected chi connectivity index (χ1v) is 4.86. The van der Waals surface area contributed by atoms with E-state index in [0.717, 1.165) is 0 Å². The van der Waals surface area contributed by atoms with E-state index in [9.17, 15) is 18.0 Å². The van der Waals surface area contributed by atoms with Crippen molar-refractivity contribution in [3.05, 3.63) is 0 Å². The van der Waals surface area contributed by atoms with E-state index in [0.29, 0.717) is 6.54 Å². The molecule has 0 bridgehead atoms. The fourth-order valence-corrected chi connectivity index (χ4v) is 1.36. The number of hydrogen-bond acceptors (Lipinski definition) is 2. The summed E-state index contributed by atoms with van der Waals surface area (Å²) in [6.07, 6.45) is -4.34. The maximum Gasteiger partial charge on any atom is 0.411 e. The molecule has 0 spiro atoms. The quantitative estimate of drug-likeness (QED) is 0.749. The Morgan fingerprint density at radius 2 is 2.00 bits per heavy atom. The lowest BCUT2D eigenvalue weighted by Gasteiger charge is -2.22. The first-order valence-electron chi connectivity index (χ1n) is 4.86. The Hall–Kier alpha value is -0.780. The summed E-state index contributed by atoms with van der Waals surface area (Å²) >= 11 is 0. The zero-order valence-corrected chi connectivity index (χ0v) is 8.74. The second-order valence-corrected chi connectivity index (χ2v) is 4.03. The van der Waals surface area contributed by atoms with E-state index >= 15 is 0 Å². The zero-order valence-electron chi connectivity index (χ0n) is 8.74. The monoisotopic (exact) mass is 224 g/mol. The lowest BCUT2D eigenvalue weighted by Crippen LogP contribution is -2.50. The van der Waals surface area contributed by atoms with Crippen molar-refractivity contribution >= 4 is 5.91 Å². The van der Waals surface area contributed by atoms with Gasteiger partial charge >= 0.3 is 6.18 Å². The molecular weight excluding hydrogens is 209 g/mol. The molecule has 1 fully saturated rings. The Bertz CT molecular complexity index is 248. The van der Waals surface area contributed by atoms with Crippen molar-refractivity contribution in [3.8, 4) is 0 Å². The van der Waals surface area contributed by atoms with Crippen LogP contribution in [0.3, 0.4) is 0 Å². The highest BCUT2D eigenvalue weighted by Crippen LogP contribution is 2.48. The topological polar surface area (TPSA) is 41.1 Å². The Labute approximate surface area is 86.4 Å². The van der Waals surface area contributed by atoms with Gasteiger partial charge in [-0.1, -0.05) is 6.92 Å². The zero-order chi connectivity index (χ0) is 11.7. The fourth-order valence-electron chi connectivity index (χ4n) is 1.36. The van der Waals surface area contributed by atoms with Crippen molar-refractivity contribution in [2.45, 2.75) is 31.5 Å². The molecule has 1 rings (SSSR count). The van der Waals surface area contributed by atoms with Crippen LogP contribution in [0.5, 0.6) is 0 Å². The Morgan fingerprint density at radius 1 is 1.47 bits per heavy atom. The van der Waals surface area contributed by atoms with Gasteiger partial charge in [-0.05, 0) is 19.9 Å². The minimum absolute atomic E-state index is 0.00544. The summed E-state index contributed by atoms with van der Waals surface area (Å²) < 4.78 is 37.4. The average Bonchev–Trinajstić information content (AvgIpc) is 2.84. The van der Waals surface area contributed by atoms with Crippen molar-refractivity contribution in [2.24, 2.45) is 5.92 Å². The molecule has 1 amide bonds. The van der Waals surface area contributed by atoms with Gasteiger partial charge < -0.3 is 10.6 Å². The highest BCUT2D eigenvalue weighted by Gasteiger charge is 2.64. The van der Waals surface area contributed by atoms with E-state index in [-0.39, 0.29) is 12.8 Å². The molecule has 0 aromatic rings. The van der Waals surface area contributed by atoms with Gasteiger partial charge in [-0.25, -0.2) is 0 Å². The van der Waals surface area contributed by atoms with Crippen LogP contribution in [0.25, 0.3) is 0 Å². The van der Waals surface area contributed by atoms with Gasteiger partial charge in [0.1, 0.15) is 5.54 Å². The molecule has 0 radical (unpaired) electrons. The van der Waals surface area contributed by atoms with Crippen LogP contribution in [0, 0.1) is 5.92 Å². The molecule has 0 saturated heterocycles. The van der Waals surface area contributed by atoms with Gasteiger partial charge in [-0.3, -0.25) is 4.79 Å². The first kappa shape index (κ1) is 12.3. The maximum atomic E-state index is 12.5. The number of carbonyl (C=O) groups is 1. The minimum Gasteiger partial charge on any atom is -0.342 e. The normalized spacial score (nSPS) is 20.9. The van der Waals surface area contributed by atoms with Crippen molar-refractivity contribution in [3.63, 3.8) is 0 Å². The largest absolute Gasteiger partial charge is 0.411 e. The number of nitrogens with one attached hydrogen (secondary N) is 2. The number of halogens is 3. The second kappa shape index (κ2) is 4.00. The summed E-state index contributed by atoms with van der Waals surface area (Å²) in [6.45, 7) is 1.97. The number of amides is 1. The number of rotatable bonds is 4. The van der Waals surface area contributed by atoms with E-state index in [2.05, 4.69) is 10.6 Å². The van der Waals surface area contributed by atoms with Crippen molar-refractivity contribution < 1.29 is 18.0 Å². The van der Waals surface area contributed by atoms with Crippen molar-refractivity contribution in [1.82, 2.24) is 10.6 Å². The molecule has 2 N–H and O–H groups in total. The van der Waals surface area contributed by atoms with Crippen LogP contribution >= 0.6 is 0 Å². The van der Waals surface area contributed by atoms with Crippen LogP contribution in [0.4, 0.5) is 13.2 Å². The second-order valence-electron chi connectivity index (χ2n) is 4.03. The van der Waals surface area contributed by atoms with E-state index < -0.39 is 23.5 Å². The van der Waals surface area contributed by atoms with Crippen LogP contribution in [0.1, 0.15) is 19.8 Å². The molecule has 0 heterocycles. The maximum absolute atomic E-state index is 12.5. The standard InChI is InChI=1S/C9H15F3N2O/c1-6(5-13-2)7(15)14-8(3-4-8)9(10,11)12/h6,13H,3-5H2,1-2H3,(H,14,15). The molecule has 1 unspecified atom stereocenters. The van der Waals surface area contributed by atoms with Crippen LogP contribution < -0.4 is 10.6 Å². The Morgan fingerprint density at radius 3 is 2.33 bits per heavy atom. The smallest absolute Gasteiger partial charge is 0.342 e.